The fourth-order valence-corrected chi connectivity index (χ4v) is 4.33. The molecule has 35 heavy (non-hydrogen) atoms. The van der Waals surface area contributed by atoms with E-state index in [0.717, 1.165) is 11.1 Å². The molecular weight excluding hydrogens is 450 g/mol. The molecule has 182 valence electrons. The summed E-state index contributed by atoms with van der Waals surface area (Å²) < 4.78 is 20.0. The summed E-state index contributed by atoms with van der Waals surface area (Å²) in [6, 6.07) is 19.3. The largest absolute Gasteiger partial charge is 0.393 e. The SMILES string of the molecule is Nc1ncnc2c1ncn2[C@@H]1O[C@](CO)(COCc2ccccc2)[C@@H](OCc2ccccc2)[C@H]1O. The quantitative estimate of drug-likeness (QED) is 0.330. The second-order valence-corrected chi connectivity index (χ2v) is 8.50. The van der Waals surface area contributed by atoms with Crippen molar-refractivity contribution in [1.29, 1.82) is 0 Å². The van der Waals surface area contributed by atoms with E-state index in [2.05, 4.69) is 15.0 Å². The normalized spacial score (nSPS) is 24.2. The number of nitrogens with two attached hydrogens (primary N) is 1. The minimum absolute atomic E-state index is 0.00480. The molecule has 0 saturated carbocycles. The van der Waals surface area contributed by atoms with Crippen molar-refractivity contribution >= 4 is 17.0 Å². The number of rotatable bonds is 9. The average Bonchev–Trinajstić information content (AvgIpc) is 3.44. The van der Waals surface area contributed by atoms with Gasteiger partial charge in [0.05, 0.1) is 32.8 Å². The number of imidazole rings is 1. The van der Waals surface area contributed by atoms with Gasteiger partial charge in [0.2, 0.25) is 0 Å². The molecule has 10 heteroatoms. The molecule has 1 aliphatic rings. The Bertz CT molecular complexity index is 1260. The van der Waals surface area contributed by atoms with E-state index in [1.54, 1.807) is 4.57 Å². The number of nitrogens with zero attached hydrogens (tertiary/aromatic N) is 4. The molecule has 1 saturated heterocycles. The Kier molecular flexibility index (Phi) is 6.71. The maximum absolute atomic E-state index is 11.4. The molecule has 0 unspecified atom stereocenters. The molecule has 0 radical (unpaired) electrons. The Hall–Kier alpha value is -3.41. The van der Waals surface area contributed by atoms with Crippen LogP contribution in [0.25, 0.3) is 11.2 Å². The highest BCUT2D eigenvalue weighted by atomic mass is 16.6. The molecule has 4 N–H and O–H groups in total. The van der Waals surface area contributed by atoms with Crippen LogP contribution in [0.1, 0.15) is 17.4 Å². The van der Waals surface area contributed by atoms with E-state index < -0.39 is 30.6 Å². The van der Waals surface area contributed by atoms with Crippen LogP contribution >= 0.6 is 0 Å². The molecule has 5 rings (SSSR count). The fourth-order valence-electron chi connectivity index (χ4n) is 4.33. The van der Waals surface area contributed by atoms with Crippen LogP contribution in [-0.2, 0) is 27.4 Å². The van der Waals surface area contributed by atoms with Crippen molar-refractivity contribution in [2.75, 3.05) is 18.9 Å². The van der Waals surface area contributed by atoms with Crippen molar-refractivity contribution in [3.05, 3.63) is 84.4 Å². The predicted molar refractivity (Wildman–Crippen MR) is 127 cm³/mol. The van der Waals surface area contributed by atoms with E-state index in [-0.39, 0.29) is 19.0 Å². The zero-order valence-corrected chi connectivity index (χ0v) is 19.0. The van der Waals surface area contributed by atoms with Gasteiger partial charge >= 0.3 is 0 Å². The van der Waals surface area contributed by atoms with Crippen LogP contribution in [0.3, 0.4) is 0 Å². The Morgan fingerprint density at radius 2 is 1.66 bits per heavy atom. The zero-order chi connectivity index (χ0) is 24.3. The molecule has 4 atom stereocenters. The number of benzene rings is 2. The summed E-state index contributed by atoms with van der Waals surface area (Å²) in [7, 11) is 0. The molecule has 0 amide bonds. The minimum atomic E-state index is -1.33. The van der Waals surface area contributed by atoms with E-state index >= 15 is 0 Å². The first-order chi connectivity index (χ1) is 17.1. The third-order valence-corrected chi connectivity index (χ3v) is 6.14. The van der Waals surface area contributed by atoms with Crippen molar-refractivity contribution in [2.45, 2.75) is 37.3 Å². The van der Waals surface area contributed by atoms with E-state index in [4.69, 9.17) is 19.9 Å². The Labute approximate surface area is 201 Å². The summed E-state index contributed by atoms with van der Waals surface area (Å²) in [4.78, 5) is 12.5. The molecule has 10 nitrogen and oxygen atoms in total. The van der Waals surface area contributed by atoms with Crippen molar-refractivity contribution in [3.8, 4) is 0 Å². The van der Waals surface area contributed by atoms with Gasteiger partial charge in [0, 0.05) is 0 Å². The monoisotopic (exact) mass is 477 g/mol. The van der Waals surface area contributed by atoms with Gasteiger partial charge in [-0.05, 0) is 11.1 Å². The van der Waals surface area contributed by atoms with Crippen molar-refractivity contribution < 1.29 is 24.4 Å². The number of ether oxygens (including phenoxy) is 3. The number of nitrogen functional groups attached to an aromatic ring is 1. The molecule has 0 spiro atoms. The Morgan fingerprint density at radius 1 is 0.971 bits per heavy atom. The van der Waals surface area contributed by atoms with Crippen molar-refractivity contribution in [1.82, 2.24) is 19.5 Å². The van der Waals surface area contributed by atoms with Crippen LogP contribution in [0.4, 0.5) is 5.82 Å². The Balaban J connectivity index is 1.43. The van der Waals surface area contributed by atoms with Gasteiger partial charge < -0.3 is 30.2 Å². The molecule has 4 aromatic rings. The van der Waals surface area contributed by atoms with Crippen molar-refractivity contribution in [3.63, 3.8) is 0 Å². The lowest BCUT2D eigenvalue weighted by Gasteiger charge is -2.32. The summed E-state index contributed by atoms with van der Waals surface area (Å²) in [6.07, 6.45) is -0.189. The maximum atomic E-state index is 11.4. The van der Waals surface area contributed by atoms with Crippen LogP contribution in [0, 0.1) is 0 Å². The number of fused-ring (bicyclic) bond motifs is 1. The van der Waals surface area contributed by atoms with Crippen LogP contribution in [-0.4, -0.2) is 60.8 Å². The molecular formula is C25H27N5O5. The van der Waals surface area contributed by atoms with Crippen molar-refractivity contribution in [2.24, 2.45) is 0 Å². The summed E-state index contributed by atoms with van der Waals surface area (Å²) in [6.45, 7) is 0.0997. The first-order valence-corrected chi connectivity index (χ1v) is 11.3. The average molecular weight is 478 g/mol. The first-order valence-electron chi connectivity index (χ1n) is 11.3. The van der Waals surface area contributed by atoms with E-state index in [0.29, 0.717) is 17.8 Å². The standard InChI is InChI=1S/C25H27N5O5/c26-22-19-23(28-15-27-22)30(16-29-19)24-20(32)21(34-12-18-9-5-2-6-10-18)25(13-31,35-24)14-33-11-17-7-3-1-4-8-17/h1-10,15-16,20-21,24,31-32H,11-14H2,(H2,26,27,28)/t20-,21+,24-,25-/m1/s1. The van der Waals surface area contributed by atoms with Gasteiger partial charge in [-0.15, -0.1) is 0 Å². The minimum Gasteiger partial charge on any atom is -0.393 e. The van der Waals surface area contributed by atoms with E-state index in [1.165, 1.54) is 12.7 Å². The number of hydrogen-bond donors (Lipinski definition) is 3. The van der Waals surface area contributed by atoms with Gasteiger partial charge in [-0.1, -0.05) is 60.7 Å². The molecule has 1 aliphatic heterocycles. The van der Waals surface area contributed by atoms with Gasteiger partial charge in [0.1, 0.15) is 29.7 Å². The van der Waals surface area contributed by atoms with E-state index in [1.807, 2.05) is 60.7 Å². The number of aliphatic hydroxyl groups excluding tert-OH is 2. The molecule has 2 aromatic carbocycles. The summed E-state index contributed by atoms with van der Waals surface area (Å²) in [5.74, 6) is 0.220. The predicted octanol–water partition coefficient (Wildman–Crippen LogP) is 1.83. The van der Waals surface area contributed by atoms with Crippen LogP contribution < -0.4 is 5.73 Å². The summed E-state index contributed by atoms with van der Waals surface area (Å²) >= 11 is 0. The third kappa shape index (κ3) is 4.62. The highest BCUT2D eigenvalue weighted by Gasteiger charge is 2.56. The second-order valence-electron chi connectivity index (χ2n) is 8.50. The molecule has 1 fully saturated rings. The zero-order valence-electron chi connectivity index (χ0n) is 19.0. The van der Waals surface area contributed by atoms with E-state index in [9.17, 15) is 10.2 Å². The third-order valence-electron chi connectivity index (χ3n) is 6.14. The smallest absolute Gasteiger partial charge is 0.167 e. The van der Waals surface area contributed by atoms with Crippen LogP contribution in [0.15, 0.2) is 73.3 Å². The first kappa shape index (κ1) is 23.3. The highest BCUT2D eigenvalue weighted by Crippen LogP contribution is 2.41. The van der Waals surface area contributed by atoms with Crippen LogP contribution in [0.2, 0.25) is 0 Å². The molecule has 3 heterocycles. The number of hydrogen-bond acceptors (Lipinski definition) is 9. The van der Waals surface area contributed by atoms with Gasteiger partial charge in [-0.25, -0.2) is 15.0 Å². The summed E-state index contributed by atoms with van der Waals surface area (Å²) in [5.41, 5.74) is 7.30. The lowest BCUT2D eigenvalue weighted by molar-refractivity contribution is -0.174. The fraction of sp³-hybridized carbons (Fsp3) is 0.320. The molecule has 0 aliphatic carbocycles. The lowest BCUT2D eigenvalue weighted by atomic mass is 9.96. The number of aromatic nitrogens is 4. The maximum Gasteiger partial charge on any atom is 0.167 e. The lowest BCUT2D eigenvalue weighted by Crippen LogP contribution is -2.51. The van der Waals surface area contributed by atoms with Gasteiger partial charge in [-0.2, -0.15) is 0 Å². The topological polar surface area (TPSA) is 138 Å². The Morgan fingerprint density at radius 3 is 2.34 bits per heavy atom. The highest BCUT2D eigenvalue weighted by molar-refractivity contribution is 5.81. The van der Waals surface area contributed by atoms with Gasteiger partial charge in [-0.3, -0.25) is 4.57 Å². The molecule has 0 bridgehead atoms. The van der Waals surface area contributed by atoms with Gasteiger partial charge in [0.15, 0.2) is 17.7 Å². The van der Waals surface area contributed by atoms with Crippen LogP contribution in [0.5, 0.6) is 0 Å². The number of anilines is 1. The molecule has 2 aromatic heterocycles. The summed E-state index contributed by atoms with van der Waals surface area (Å²) in [5, 5.41) is 21.9. The van der Waals surface area contributed by atoms with Gasteiger partial charge in [0.25, 0.3) is 0 Å². The second kappa shape index (κ2) is 10.1. The number of aliphatic hydroxyl groups is 2.